The number of hydrogen-bond acceptors (Lipinski definition) is 14. The van der Waals surface area contributed by atoms with Crippen LogP contribution in [0.3, 0.4) is 0 Å². The Morgan fingerprint density at radius 3 is 1.04 bits per heavy atom. The van der Waals surface area contributed by atoms with E-state index in [1.807, 2.05) is 78.3 Å². The lowest BCUT2D eigenvalue weighted by Crippen LogP contribution is -2.46. The Morgan fingerprint density at radius 1 is 0.565 bits per heavy atom. The zero-order chi connectivity index (χ0) is 35.2. The van der Waals surface area contributed by atoms with Crippen molar-refractivity contribution in [1.29, 1.82) is 0 Å². The summed E-state index contributed by atoms with van der Waals surface area (Å²) in [5, 5.41) is 20.2. The van der Waals surface area contributed by atoms with Crippen molar-refractivity contribution in [3.8, 4) is 0 Å². The lowest BCUT2D eigenvalue weighted by atomic mass is 10.6. The Morgan fingerprint density at radius 2 is 0.826 bits per heavy atom. The molecule has 0 heterocycles. The highest BCUT2D eigenvalue weighted by atomic mass is 33.7. The monoisotopic (exact) mass is 804 g/mol. The van der Waals surface area contributed by atoms with E-state index in [1.54, 1.807) is 0 Å². The fourth-order valence-electron chi connectivity index (χ4n) is 4.11. The van der Waals surface area contributed by atoms with Crippen molar-refractivity contribution in [1.82, 2.24) is 8.61 Å². The largest absolute Gasteiger partial charge is 0.500 e. The molecule has 20 heteroatoms. The summed E-state index contributed by atoms with van der Waals surface area (Å²) in [6, 6.07) is 1.17. The fourth-order valence-corrected chi connectivity index (χ4v) is 18.5. The van der Waals surface area contributed by atoms with Crippen LogP contribution in [0.4, 0.5) is 0 Å². The number of aliphatic hydroxyl groups excluding tert-OH is 2. The van der Waals surface area contributed by atoms with Gasteiger partial charge in [0.25, 0.3) is 10.2 Å². The molecule has 0 saturated heterocycles. The van der Waals surface area contributed by atoms with Gasteiger partial charge in [0.15, 0.2) is 10.1 Å². The zero-order valence-corrected chi connectivity index (χ0v) is 35.9. The fraction of sp³-hybridized carbons (Fsp3) is 0.846. The van der Waals surface area contributed by atoms with Gasteiger partial charge in [-0.25, -0.2) is 0 Å². The molecule has 2 atom stereocenters. The SMILES string of the molecule is CCO[Si](CCCS(=C(O)C(=O)SSSSC(=O)C(O)=S(CCC[Si](OCC)(OCC)OCC)N(C)C)N(C)C)(OCC)OCC. The molecular weight excluding hydrogens is 749 g/mol. The maximum Gasteiger partial charge on any atom is 0.500 e. The van der Waals surface area contributed by atoms with Crippen LogP contribution in [-0.2, 0) is 36.1 Å². The molecule has 274 valence electrons. The Balaban J connectivity index is 5.25. The molecule has 0 aliphatic heterocycles. The van der Waals surface area contributed by atoms with E-state index in [4.69, 9.17) is 26.6 Å². The van der Waals surface area contributed by atoms with Crippen molar-refractivity contribution in [3.63, 3.8) is 0 Å². The van der Waals surface area contributed by atoms with Crippen molar-refractivity contribution < 1.29 is 46.4 Å². The average molecular weight is 805 g/mol. The molecule has 12 nitrogen and oxygen atoms in total. The van der Waals surface area contributed by atoms with Gasteiger partial charge in [0, 0.05) is 84.8 Å². The van der Waals surface area contributed by atoms with Gasteiger partial charge < -0.3 is 36.8 Å². The van der Waals surface area contributed by atoms with E-state index in [1.165, 1.54) is 0 Å². The van der Waals surface area contributed by atoms with Crippen molar-refractivity contribution in [2.24, 2.45) is 0 Å². The number of aliphatic hydroxyl groups is 2. The van der Waals surface area contributed by atoms with Gasteiger partial charge >= 0.3 is 17.6 Å². The van der Waals surface area contributed by atoms with Crippen molar-refractivity contribution >= 4 is 101 Å². The second kappa shape index (κ2) is 26.9. The third kappa shape index (κ3) is 17.9. The Bertz CT molecular complexity index is 858. The highest BCUT2D eigenvalue weighted by Gasteiger charge is 2.40. The van der Waals surface area contributed by atoms with E-state index in [9.17, 15) is 19.8 Å². The van der Waals surface area contributed by atoms with E-state index in [-0.39, 0.29) is 10.1 Å². The Kier molecular flexibility index (Phi) is 27.7. The summed E-state index contributed by atoms with van der Waals surface area (Å²) in [6.07, 6.45) is 1.30. The van der Waals surface area contributed by atoms with Crippen LogP contribution in [0.5, 0.6) is 0 Å². The Labute approximate surface area is 299 Å². The van der Waals surface area contributed by atoms with Gasteiger partial charge in [0.05, 0.1) is 0 Å². The first-order valence-corrected chi connectivity index (χ1v) is 26.7. The molecule has 0 aromatic heterocycles. The summed E-state index contributed by atoms with van der Waals surface area (Å²) < 4.78 is 39.2. The van der Waals surface area contributed by atoms with Crippen LogP contribution < -0.4 is 0 Å². The average Bonchev–Trinajstić information content (AvgIpc) is 2.99. The summed E-state index contributed by atoms with van der Waals surface area (Å²) in [6.45, 7) is 14.4. The molecule has 0 bridgehead atoms. The molecule has 0 aliphatic carbocycles. The molecule has 0 aliphatic rings. The smallest absolute Gasteiger partial charge is 0.374 e. The minimum absolute atomic E-state index is 0.231. The van der Waals surface area contributed by atoms with E-state index < -0.39 is 49.2 Å². The van der Waals surface area contributed by atoms with Gasteiger partial charge in [-0.05, 0) is 102 Å². The van der Waals surface area contributed by atoms with Crippen molar-refractivity contribution in [2.75, 3.05) is 79.3 Å². The van der Waals surface area contributed by atoms with E-state index in [0.29, 0.717) is 76.1 Å². The third-order valence-electron chi connectivity index (χ3n) is 5.75. The van der Waals surface area contributed by atoms with Crippen molar-refractivity contribution in [2.45, 2.75) is 66.5 Å². The molecular formula is C26H56N2O10S6Si2. The summed E-state index contributed by atoms with van der Waals surface area (Å²) in [5.41, 5.74) is 0. The molecule has 0 saturated carbocycles. The van der Waals surface area contributed by atoms with Gasteiger partial charge in [-0.3, -0.25) is 18.2 Å². The summed E-state index contributed by atoms with van der Waals surface area (Å²) in [5.74, 6) is 1.08. The summed E-state index contributed by atoms with van der Waals surface area (Å²) in [7, 11) is 3.82. The van der Waals surface area contributed by atoms with Crippen LogP contribution in [0, 0.1) is 0 Å². The number of hydrogen-bond donors (Lipinski definition) is 2. The number of nitrogens with zero attached hydrogens (tertiary/aromatic N) is 2. The summed E-state index contributed by atoms with van der Waals surface area (Å²) in [4.78, 5) is 25.7. The van der Waals surface area contributed by atoms with E-state index >= 15 is 0 Å². The molecule has 0 aromatic carbocycles. The third-order valence-corrected chi connectivity index (χ3v) is 22.3. The van der Waals surface area contributed by atoms with Crippen LogP contribution >= 0.6 is 62.6 Å². The number of rotatable bonds is 25. The zero-order valence-electron chi connectivity index (χ0n) is 29.0. The lowest BCUT2D eigenvalue weighted by Gasteiger charge is -2.29. The predicted octanol–water partition coefficient (Wildman–Crippen LogP) is 6.46. The normalized spacial score (nSPS) is 14.6. The first-order chi connectivity index (χ1) is 21.8. The number of carbonyl (C=O) groups excluding carboxylic acids is 2. The molecule has 0 aromatic rings. The number of carbonyl (C=O) groups is 2. The van der Waals surface area contributed by atoms with Gasteiger partial charge in [-0.15, -0.1) is 0 Å². The Hall–Kier alpha value is 1.21. The molecule has 0 fully saturated rings. The first kappa shape index (κ1) is 47.2. The van der Waals surface area contributed by atoms with Gasteiger partial charge in [0.2, 0.25) is 0 Å². The van der Waals surface area contributed by atoms with Gasteiger partial charge in [-0.1, -0.05) is 21.3 Å². The van der Waals surface area contributed by atoms with Crippen LogP contribution in [-0.4, -0.2) is 136 Å². The van der Waals surface area contributed by atoms with Crippen molar-refractivity contribution in [3.05, 3.63) is 0 Å². The molecule has 0 spiro atoms. The second-order valence-corrected chi connectivity index (χ2v) is 25.0. The predicted molar refractivity (Wildman–Crippen MR) is 208 cm³/mol. The summed E-state index contributed by atoms with van der Waals surface area (Å²) >= 11 is 0. The standard InChI is InChI=1S/C26H56N2O10S6Si2/c1-11-33-45(34-12-2,35-13-3)21-17-19-43(27(7)8)25(31)23(29)39-41-42-40-24(30)26(32)44(28(9)10)20-18-22-46(36-14-4,37-15-5)38-16-6/h31-32H,11-22H2,1-10H3. The van der Waals surface area contributed by atoms with E-state index in [0.717, 1.165) is 41.2 Å². The van der Waals surface area contributed by atoms with Crippen LogP contribution in [0.2, 0.25) is 12.1 Å². The minimum atomic E-state index is -2.82. The van der Waals surface area contributed by atoms with Crippen LogP contribution in [0.25, 0.3) is 0 Å². The first-order valence-electron chi connectivity index (χ1n) is 15.3. The van der Waals surface area contributed by atoms with Crippen LogP contribution in [0.15, 0.2) is 0 Å². The quantitative estimate of drug-likeness (QED) is 0.0452. The lowest BCUT2D eigenvalue weighted by molar-refractivity contribution is -0.106. The highest BCUT2D eigenvalue weighted by molar-refractivity contribution is 9.29. The highest BCUT2D eigenvalue weighted by Crippen LogP contribution is 2.45. The maximum atomic E-state index is 12.8. The van der Waals surface area contributed by atoms with Crippen LogP contribution in [0.1, 0.15) is 54.4 Å². The maximum absolute atomic E-state index is 12.8. The molecule has 46 heavy (non-hydrogen) atoms. The molecule has 2 N–H and O–H groups in total. The molecule has 0 radical (unpaired) electrons. The molecule has 2 unspecified atom stereocenters. The van der Waals surface area contributed by atoms with Gasteiger partial charge in [-0.2, -0.15) is 0 Å². The molecule has 0 rings (SSSR count). The van der Waals surface area contributed by atoms with Gasteiger partial charge in [0.1, 0.15) is 0 Å². The van der Waals surface area contributed by atoms with E-state index in [2.05, 4.69) is 0 Å². The second-order valence-electron chi connectivity index (χ2n) is 9.42. The topological polar surface area (TPSA) is 136 Å². The minimum Gasteiger partial charge on any atom is -0.374 e. The molecule has 0 amide bonds.